The third-order valence-electron chi connectivity index (χ3n) is 1.50. The Labute approximate surface area is 51.2 Å². The Balaban J connectivity index is 2.42. The van der Waals surface area contributed by atoms with Crippen molar-refractivity contribution in [2.45, 2.75) is 12.2 Å². The lowest BCUT2D eigenvalue weighted by molar-refractivity contribution is 0.194. The van der Waals surface area contributed by atoms with Gasteiger partial charge in [-0.15, -0.1) is 0 Å². The van der Waals surface area contributed by atoms with Crippen molar-refractivity contribution in [1.82, 2.24) is 0 Å². The lowest BCUT2D eigenvalue weighted by atomic mass is 9.72. The first-order valence-electron chi connectivity index (χ1n) is 2.88. The third kappa shape index (κ3) is 1.61. The van der Waals surface area contributed by atoms with Crippen LogP contribution in [-0.4, -0.2) is 20.2 Å². The van der Waals surface area contributed by atoms with Crippen molar-refractivity contribution < 1.29 is 17.7 Å². The van der Waals surface area contributed by atoms with Gasteiger partial charge in [-0.2, -0.15) is 0 Å². The van der Waals surface area contributed by atoms with E-state index < -0.39 is 12.8 Å². The normalized spacial score (nSPS) is 29.0. The summed E-state index contributed by atoms with van der Waals surface area (Å²) in [6, 6.07) is 0. The lowest BCUT2D eigenvalue weighted by Crippen LogP contribution is -2.23. The zero-order valence-electron chi connectivity index (χ0n) is 4.82. The number of ether oxygens (including phenoxy) is 1. The molecule has 0 radical (unpaired) electrons. The highest BCUT2D eigenvalue weighted by Gasteiger charge is 2.36. The Morgan fingerprint density at radius 1 is 1.33 bits per heavy atom. The highest BCUT2D eigenvalue weighted by molar-refractivity contribution is 6.60. The Morgan fingerprint density at radius 3 is 2.22 bits per heavy atom. The first-order valence-corrected chi connectivity index (χ1v) is 2.88. The van der Waals surface area contributed by atoms with Crippen LogP contribution in [0.5, 0.6) is 0 Å². The van der Waals surface area contributed by atoms with Crippen LogP contribution in [0.3, 0.4) is 0 Å². The standard InChI is InChI=1S/C4H7BF3O/c6-5(7,8)4-1-2-9-3-4/h4H,1-3H2/q-1. The number of rotatable bonds is 1. The molecule has 1 unspecified atom stereocenters. The van der Waals surface area contributed by atoms with E-state index in [1.807, 2.05) is 0 Å². The van der Waals surface area contributed by atoms with E-state index >= 15 is 0 Å². The Hall–Kier alpha value is -0.185. The lowest BCUT2D eigenvalue weighted by Gasteiger charge is -2.19. The van der Waals surface area contributed by atoms with Crippen LogP contribution in [-0.2, 0) is 4.74 Å². The maximum atomic E-state index is 11.7. The predicted octanol–water partition coefficient (Wildman–Crippen LogP) is 1.62. The van der Waals surface area contributed by atoms with Crippen LogP contribution in [0.2, 0.25) is 5.82 Å². The fourth-order valence-electron chi connectivity index (χ4n) is 0.851. The van der Waals surface area contributed by atoms with Gasteiger partial charge in [0.25, 0.3) is 0 Å². The average molecular weight is 139 g/mol. The molecule has 1 heterocycles. The SMILES string of the molecule is F[B-](F)(F)C1CCOC1. The van der Waals surface area contributed by atoms with Gasteiger partial charge in [-0.25, -0.2) is 0 Å². The highest BCUT2D eigenvalue weighted by atomic mass is 19.4. The highest BCUT2D eigenvalue weighted by Crippen LogP contribution is 2.32. The molecule has 1 aliphatic rings. The summed E-state index contributed by atoms with van der Waals surface area (Å²) in [7, 11) is 0. The zero-order chi connectivity index (χ0) is 6.91. The quantitative estimate of drug-likeness (QED) is 0.501. The summed E-state index contributed by atoms with van der Waals surface area (Å²) in [5, 5.41) is 0. The minimum absolute atomic E-state index is 0.122. The fraction of sp³-hybridized carbons (Fsp3) is 1.00. The van der Waals surface area contributed by atoms with E-state index in [0.29, 0.717) is 0 Å². The fourth-order valence-corrected chi connectivity index (χ4v) is 0.851. The molecule has 0 bridgehead atoms. The van der Waals surface area contributed by atoms with E-state index in [1.165, 1.54) is 0 Å². The van der Waals surface area contributed by atoms with Gasteiger partial charge in [0.15, 0.2) is 0 Å². The first-order chi connectivity index (χ1) is 4.11. The van der Waals surface area contributed by atoms with E-state index in [-0.39, 0.29) is 19.6 Å². The second kappa shape index (κ2) is 2.21. The Bertz CT molecular complexity index is 96.5. The molecule has 9 heavy (non-hydrogen) atoms. The summed E-state index contributed by atoms with van der Waals surface area (Å²) in [4.78, 5) is 0. The minimum atomic E-state index is -4.63. The summed E-state index contributed by atoms with van der Waals surface area (Å²) < 4.78 is 39.8. The maximum absolute atomic E-state index is 11.7. The molecule has 0 aliphatic carbocycles. The molecule has 0 N–H and O–H groups in total. The van der Waals surface area contributed by atoms with E-state index in [0.717, 1.165) is 0 Å². The predicted molar refractivity (Wildman–Crippen MR) is 28.3 cm³/mol. The van der Waals surface area contributed by atoms with E-state index in [9.17, 15) is 12.9 Å². The molecule has 5 heteroatoms. The van der Waals surface area contributed by atoms with Gasteiger partial charge in [0, 0.05) is 13.2 Å². The van der Waals surface area contributed by atoms with Crippen molar-refractivity contribution in [2.75, 3.05) is 13.2 Å². The monoisotopic (exact) mass is 139 g/mol. The van der Waals surface area contributed by atoms with Gasteiger partial charge in [0.2, 0.25) is 0 Å². The van der Waals surface area contributed by atoms with Crippen molar-refractivity contribution in [2.24, 2.45) is 0 Å². The topological polar surface area (TPSA) is 9.23 Å². The van der Waals surface area contributed by atoms with Gasteiger partial charge in [-0.05, 0) is 12.2 Å². The molecule has 1 atom stereocenters. The van der Waals surface area contributed by atoms with Gasteiger partial charge in [-0.1, -0.05) is 0 Å². The van der Waals surface area contributed by atoms with Crippen LogP contribution in [0.25, 0.3) is 0 Å². The molecule has 1 saturated heterocycles. The molecule has 0 aromatic carbocycles. The van der Waals surface area contributed by atoms with Gasteiger partial charge < -0.3 is 17.7 Å². The van der Waals surface area contributed by atoms with Crippen LogP contribution in [0.4, 0.5) is 12.9 Å². The van der Waals surface area contributed by atoms with Crippen LogP contribution in [0.15, 0.2) is 0 Å². The van der Waals surface area contributed by atoms with Crippen molar-refractivity contribution in [3.05, 3.63) is 0 Å². The van der Waals surface area contributed by atoms with Gasteiger partial charge in [0.05, 0.1) is 0 Å². The first kappa shape index (κ1) is 6.93. The molecule has 1 nitrogen and oxygen atoms in total. The maximum Gasteiger partial charge on any atom is 0.483 e. The minimum Gasteiger partial charge on any atom is -0.449 e. The number of hydrogen-bond acceptors (Lipinski definition) is 1. The molecule has 1 fully saturated rings. The van der Waals surface area contributed by atoms with Crippen LogP contribution in [0.1, 0.15) is 6.42 Å². The second-order valence-corrected chi connectivity index (χ2v) is 2.25. The molecule has 0 saturated carbocycles. The second-order valence-electron chi connectivity index (χ2n) is 2.25. The summed E-state index contributed by atoms with van der Waals surface area (Å²) in [6.07, 6.45) is 0.156. The molecular formula is C4H7BF3O-. The van der Waals surface area contributed by atoms with Gasteiger partial charge in [0.1, 0.15) is 0 Å². The third-order valence-corrected chi connectivity index (χ3v) is 1.50. The molecule has 0 aromatic heterocycles. The van der Waals surface area contributed by atoms with Crippen LogP contribution < -0.4 is 0 Å². The van der Waals surface area contributed by atoms with Gasteiger partial charge in [-0.3, -0.25) is 0 Å². The Kier molecular flexibility index (Phi) is 1.70. The van der Waals surface area contributed by atoms with Crippen LogP contribution in [0, 0.1) is 0 Å². The molecule has 0 amide bonds. The van der Waals surface area contributed by atoms with E-state index in [1.54, 1.807) is 0 Å². The summed E-state index contributed by atoms with van der Waals surface area (Å²) in [5.74, 6) is -1.15. The van der Waals surface area contributed by atoms with Gasteiger partial charge >= 0.3 is 6.98 Å². The van der Waals surface area contributed by atoms with Crippen molar-refractivity contribution in [3.63, 3.8) is 0 Å². The molecule has 54 valence electrons. The van der Waals surface area contributed by atoms with Crippen molar-refractivity contribution >= 4 is 6.98 Å². The number of hydrogen-bond donors (Lipinski definition) is 0. The number of halogens is 3. The smallest absolute Gasteiger partial charge is 0.449 e. The Morgan fingerprint density at radius 2 is 2.00 bits per heavy atom. The molecule has 0 spiro atoms. The summed E-state index contributed by atoms with van der Waals surface area (Å²) >= 11 is 0. The largest absolute Gasteiger partial charge is 0.483 e. The molecule has 1 aliphatic heterocycles. The molecular weight excluding hydrogens is 132 g/mol. The van der Waals surface area contributed by atoms with E-state index in [2.05, 4.69) is 4.74 Å². The average Bonchev–Trinajstić information content (AvgIpc) is 2.08. The van der Waals surface area contributed by atoms with E-state index in [4.69, 9.17) is 0 Å². The van der Waals surface area contributed by atoms with Crippen LogP contribution >= 0.6 is 0 Å². The molecule has 0 aromatic rings. The van der Waals surface area contributed by atoms with Crippen molar-refractivity contribution in [1.29, 1.82) is 0 Å². The summed E-state index contributed by atoms with van der Waals surface area (Å²) in [5.41, 5.74) is 0. The van der Waals surface area contributed by atoms with Crippen molar-refractivity contribution in [3.8, 4) is 0 Å². The molecule has 1 rings (SSSR count). The zero-order valence-corrected chi connectivity index (χ0v) is 4.82. The summed E-state index contributed by atoms with van der Waals surface area (Å²) in [6.45, 7) is -4.48.